The Balaban J connectivity index is 2.24. The number of aliphatic hydroxyl groups is 3. The van der Waals surface area contributed by atoms with Crippen molar-refractivity contribution in [2.45, 2.75) is 359 Å². The first-order valence-electron chi connectivity index (χ1n) is 31.6. The van der Waals surface area contributed by atoms with E-state index in [-0.39, 0.29) is 19.4 Å². The summed E-state index contributed by atoms with van der Waals surface area (Å²) in [6, 6.07) is 0. The number of hydrogen-bond donors (Lipinski definition) is 4. The maximum absolute atomic E-state index is 13.0. The van der Waals surface area contributed by atoms with E-state index in [1.165, 1.54) is 244 Å². The van der Waals surface area contributed by atoms with E-state index in [0.29, 0.717) is 12.8 Å². The SMILES string of the molecule is CCCCCCCCCCCCCCCCCCCCCCCCCC(=O)OCC(COC1OC(CS(=O)(=O)O)C(O)C(O)C1O)OC(=O)CCCCCCCCCCCCCCCCCCCCCCCCC. The molecule has 0 aliphatic carbocycles. The van der Waals surface area contributed by atoms with Crippen LogP contribution in [0.2, 0.25) is 0 Å². The van der Waals surface area contributed by atoms with Crippen molar-refractivity contribution in [1.29, 1.82) is 0 Å². The molecule has 0 spiro atoms. The van der Waals surface area contributed by atoms with Crippen molar-refractivity contribution in [3.8, 4) is 0 Å². The molecule has 0 aromatic rings. The fourth-order valence-corrected chi connectivity index (χ4v) is 11.0. The van der Waals surface area contributed by atoms with Crippen LogP contribution in [0.4, 0.5) is 0 Å². The van der Waals surface area contributed by atoms with Crippen LogP contribution in [-0.4, -0.2) is 96.0 Å². The lowest BCUT2D eigenvalue weighted by molar-refractivity contribution is -0.297. The van der Waals surface area contributed by atoms with E-state index in [1.807, 2.05) is 0 Å². The Kier molecular flexibility index (Phi) is 48.8. The van der Waals surface area contributed by atoms with E-state index in [4.69, 9.17) is 18.9 Å². The van der Waals surface area contributed by atoms with Gasteiger partial charge in [0.15, 0.2) is 12.4 Å². The van der Waals surface area contributed by atoms with Crippen molar-refractivity contribution in [2.24, 2.45) is 0 Å². The first-order valence-corrected chi connectivity index (χ1v) is 33.2. The van der Waals surface area contributed by atoms with Crippen LogP contribution in [0.3, 0.4) is 0 Å². The lowest BCUT2D eigenvalue weighted by Gasteiger charge is -2.40. The van der Waals surface area contributed by atoms with E-state index in [1.54, 1.807) is 0 Å². The van der Waals surface area contributed by atoms with Gasteiger partial charge >= 0.3 is 11.9 Å². The summed E-state index contributed by atoms with van der Waals surface area (Å²) in [5, 5.41) is 31.1. The number of esters is 2. The molecule has 0 aromatic carbocycles. The molecule has 13 heteroatoms. The Hall–Kier alpha value is -1.35. The highest BCUT2D eigenvalue weighted by Crippen LogP contribution is 2.24. The minimum atomic E-state index is -4.60. The average molecular weight is 1080 g/mol. The van der Waals surface area contributed by atoms with Gasteiger partial charge in [0.1, 0.15) is 36.8 Å². The van der Waals surface area contributed by atoms with E-state index in [9.17, 15) is 37.9 Å². The van der Waals surface area contributed by atoms with Crippen molar-refractivity contribution in [1.82, 2.24) is 0 Å². The van der Waals surface area contributed by atoms with Crippen LogP contribution in [0.15, 0.2) is 0 Å². The van der Waals surface area contributed by atoms with Gasteiger partial charge < -0.3 is 34.3 Å². The summed E-state index contributed by atoms with van der Waals surface area (Å²) in [5.74, 6) is -1.95. The number of hydrogen-bond acceptors (Lipinski definition) is 11. The molecule has 6 unspecified atom stereocenters. The van der Waals surface area contributed by atoms with Crippen LogP contribution in [0, 0.1) is 0 Å². The monoisotopic (exact) mass is 1070 g/mol. The molecule has 0 aromatic heterocycles. The Morgan fingerprint density at radius 3 is 0.986 bits per heavy atom. The van der Waals surface area contributed by atoms with Crippen LogP contribution in [0.5, 0.6) is 0 Å². The maximum atomic E-state index is 13.0. The normalized spacial score (nSPS) is 18.5. The van der Waals surface area contributed by atoms with Gasteiger partial charge in [-0.3, -0.25) is 14.1 Å². The van der Waals surface area contributed by atoms with Gasteiger partial charge in [-0.15, -0.1) is 0 Å². The van der Waals surface area contributed by atoms with Gasteiger partial charge in [-0.25, -0.2) is 0 Å². The molecule has 4 N–H and O–H groups in total. The van der Waals surface area contributed by atoms with Crippen LogP contribution in [-0.2, 0) is 38.7 Å². The minimum Gasteiger partial charge on any atom is -0.462 e. The number of aliphatic hydroxyl groups excluding tert-OH is 3. The molecule has 1 saturated heterocycles. The van der Waals surface area contributed by atoms with Crippen molar-refractivity contribution in [2.75, 3.05) is 19.0 Å². The summed E-state index contributed by atoms with van der Waals surface area (Å²) < 4.78 is 54.5. The Labute approximate surface area is 454 Å². The highest BCUT2D eigenvalue weighted by molar-refractivity contribution is 7.85. The number of carbonyl (C=O) groups is 2. The van der Waals surface area contributed by atoms with E-state index in [2.05, 4.69) is 13.8 Å². The Morgan fingerprint density at radius 2 is 0.689 bits per heavy atom. The molecule has 0 radical (unpaired) electrons. The Bertz CT molecular complexity index is 1350. The third-order valence-corrected chi connectivity index (χ3v) is 15.9. The molecule has 12 nitrogen and oxygen atoms in total. The van der Waals surface area contributed by atoms with Crippen molar-refractivity contribution in [3.63, 3.8) is 0 Å². The van der Waals surface area contributed by atoms with Gasteiger partial charge in [0.25, 0.3) is 10.1 Å². The smallest absolute Gasteiger partial charge is 0.306 e. The predicted octanol–water partition coefficient (Wildman–Crippen LogP) is 15.9. The number of ether oxygens (including phenoxy) is 4. The number of carbonyl (C=O) groups excluding carboxylic acids is 2. The van der Waals surface area contributed by atoms with Crippen LogP contribution >= 0.6 is 0 Å². The molecule has 1 heterocycles. The van der Waals surface area contributed by atoms with Gasteiger partial charge in [-0.05, 0) is 12.8 Å². The summed E-state index contributed by atoms with van der Waals surface area (Å²) in [6.45, 7) is 3.85. The van der Waals surface area contributed by atoms with Gasteiger partial charge in [-0.1, -0.05) is 296 Å². The van der Waals surface area contributed by atoms with Gasteiger partial charge in [0.05, 0.1) is 6.61 Å². The van der Waals surface area contributed by atoms with Crippen LogP contribution in [0.1, 0.15) is 322 Å². The maximum Gasteiger partial charge on any atom is 0.306 e. The summed E-state index contributed by atoms with van der Waals surface area (Å²) in [6.07, 6.45) is 50.1. The molecule has 74 heavy (non-hydrogen) atoms. The highest BCUT2D eigenvalue weighted by Gasteiger charge is 2.46. The molecule has 1 fully saturated rings. The van der Waals surface area contributed by atoms with Gasteiger partial charge in [-0.2, -0.15) is 8.42 Å². The van der Waals surface area contributed by atoms with Crippen LogP contribution < -0.4 is 0 Å². The second-order valence-corrected chi connectivity index (χ2v) is 23.9. The molecular weight excluding hydrogens is 957 g/mol. The lowest BCUT2D eigenvalue weighted by atomic mass is 10.00. The van der Waals surface area contributed by atoms with Crippen LogP contribution in [0.25, 0.3) is 0 Å². The first kappa shape index (κ1) is 70.7. The fraction of sp³-hybridized carbons (Fsp3) is 0.967. The van der Waals surface area contributed by atoms with E-state index >= 15 is 0 Å². The zero-order valence-electron chi connectivity index (χ0n) is 48.0. The van der Waals surface area contributed by atoms with Crippen molar-refractivity contribution < 1.29 is 56.8 Å². The summed E-state index contributed by atoms with van der Waals surface area (Å²) >= 11 is 0. The molecule has 0 bridgehead atoms. The van der Waals surface area contributed by atoms with E-state index in [0.717, 1.165) is 38.5 Å². The van der Waals surface area contributed by atoms with Crippen molar-refractivity contribution in [3.05, 3.63) is 0 Å². The van der Waals surface area contributed by atoms with Gasteiger partial charge in [0.2, 0.25) is 0 Å². The number of rotatable bonds is 56. The van der Waals surface area contributed by atoms with E-state index < -0.39 is 71.2 Å². The third-order valence-electron chi connectivity index (χ3n) is 15.2. The summed E-state index contributed by atoms with van der Waals surface area (Å²) in [7, 11) is -4.60. The molecule has 0 amide bonds. The topological polar surface area (TPSA) is 186 Å². The molecule has 0 saturated carbocycles. The molecule has 1 aliphatic heterocycles. The predicted molar refractivity (Wildman–Crippen MR) is 303 cm³/mol. The minimum absolute atomic E-state index is 0.174. The quantitative estimate of drug-likeness (QED) is 0.0257. The Morgan fingerprint density at radius 1 is 0.405 bits per heavy atom. The molecule has 1 rings (SSSR count). The van der Waals surface area contributed by atoms with Gasteiger partial charge in [0, 0.05) is 12.8 Å². The summed E-state index contributed by atoms with van der Waals surface area (Å²) in [4.78, 5) is 25.7. The lowest BCUT2D eigenvalue weighted by Crippen LogP contribution is -2.60. The molecule has 6 atom stereocenters. The third kappa shape index (κ3) is 44.6. The first-order chi connectivity index (χ1) is 36.0. The average Bonchev–Trinajstić information content (AvgIpc) is 3.37. The second kappa shape index (κ2) is 51.1. The highest BCUT2D eigenvalue weighted by atomic mass is 32.2. The summed E-state index contributed by atoms with van der Waals surface area (Å²) in [5.41, 5.74) is 0. The second-order valence-electron chi connectivity index (χ2n) is 22.4. The molecule has 1 aliphatic rings. The standard InChI is InChI=1S/C61H118O12S/c1-3-5-7-9-11-13-15-17-19-21-23-25-27-29-31-33-35-37-39-41-43-45-47-49-56(62)70-51-54(52-71-61-60(66)59(65)58(64)55(73-61)53-74(67,68)69)72-57(63)50-48-46-44-42-40-38-36-34-32-30-28-26-24-22-20-18-16-14-12-10-8-6-4-2/h54-55,58-61,64-66H,3-53H2,1-2H3,(H,67,68,69). The van der Waals surface area contributed by atoms with Crippen molar-refractivity contribution >= 4 is 22.1 Å². The fourth-order valence-electron chi connectivity index (χ4n) is 10.3. The molecular formula is C61H118O12S. The zero-order chi connectivity index (χ0) is 54.0. The largest absolute Gasteiger partial charge is 0.462 e. The molecule has 440 valence electrons. The number of unbranched alkanes of at least 4 members (excludes halogenated alkanes) is 44. The zero-order valence-corrected chi connectivity index (χ0v) is 48.8.